The molecule has 0 aliphatic rings. The van der Waals surface area contributed by atoms with Crippen molar-refractivity contribution in [1.82, 2.24) is 0 Å². The summed E-state index contributed by atoms with van der Waals surface area (Å²) in [6, 6.07) is 23.7. The van der Waals surface area contributed by atoms with Crippen LogP contribution in [0.3, 0.4) is 0 Å². The molecular formula is C25H24O2. The Balaban J connectivity index is 2.15. The number of carboxylic acid groups (broad SMARTS) is 1. The minimum Gasteiger partial charge on any atom is -0.480 e. The molecule has 136 valence electrons. The molecule has 2 heteroatoms. The number of rotatable bonds is 5. The monoisotopic (exact) mass is 356 g/mol. The summed E-state index contributed by atoms with van der Waals surface area (Å²) < 4.78 is 0. The summed E-state index contributed by atoms with van der Waals surface area (Å²) >= 11 is 0. The second-order valence-corrected chi connectivity index (χ2v) is 7.13. The molecule has 3 rings (SSSR count). The second kappa shape index (κ2) is 7.63. The molecule has 1 N–H and O–H groups in total. The van der Waals surface area contributed by atoms with Crippen LogP contribution in [0.5, 0.6) is 0 Å². The molecule has 0 aliphatic carbocycles. The van der Waals surface area contributed by atoms with Gasteiger partial charge in [-0.05, 0) is 43.0 Å². The quantitative estimate of drug-likeness (QED) is 0.581. The fourth-order valence-electron chi connectivity index (χ4n) is 3.31. The van der Waals surface area contributed by atoms with Crippen LogP contribution in [-0.2, 0) is 10.2 Å². The van der Waals surface area contributed by atoms with Gasteiger partial charge in [-0.15, -0.1) is 0 Å². The number of hydrogen-bond acceptors (Lipinski definition) is 1. The molecule has 27 heavy (non-hydrogen) atoms. The molecular weight excluding hydrogens is 332 g/mol. The third-order valence-corrected chi connectivity index (χ3v) is 5.06. The van der Waals surface area contributed by atoms with E-state index >= 15 is 0 Å². The van der Waals surface area contributed by atoms with E-state index in [9.17, 15) is 9.90 Å². The fourth-order valence-corrected chi connectivity index (χ4v) is 3.31. The summed E-state index contributed by atoms with van der Waals surface area (Å²) in [5.41, 5.74) is 4.65. The van der Waals surface area contributed by atoms with Crippen LogP contribution in [0.4, 0.5) is 0 Å². The van der Waals surface area contributed by atoms with E-state index in [1.54, 1.807) is 6.92 Å². The Hall–Kier alpha value is -3.13. The van der Waals surface area contributed by atoms with Gasteiger partial charge in [-0.2, -0.15) is 0 Å². The molecule has 0 radical (unpaired) electrons. The first-order chi connectivity index (χ1) is 12.9. The standard InChI is InChI=1S/C25H24O2/c1-18-9-14-22(15-10-18)25(3,24(26)27)23-16-11-19(2)17-21(23)13-12-20-7-5-4-6-8-20/h4-17H,1-3H3,(H,26,27)/b13-12+. The Bertz CT molecular complexity index is 969. The van der Waals surface area contributed by atoms with Gasteiger partial charge in [-0.25, -0.2) is 0 Å². The van der Waals surface area contributed by atoms with Gasteiger partial charge in [0.1, 0.15) is 5.41 Å². The smallest absolute Gasteiger partial charge is 0.318 e. The van der Waals surface area contributed by atoms with Crippen LogP contribution in [0.15, 0.2) is 72.8 Å². The van der Waals surface area contributed by atoms with E-state index in [-0.39, 0.29) is 0 Å². The zero-order valence-electron chi connectivity index (χ0n) is 15.9. The highest BCUT2D eigenvalue weighted by Crippen LogP contribution is 2.36. The third kappa shape index (κ3) is 3.85. The number of hydrogen-bond donors (Lipinski definition) is 1. The Morgan fingerprint density at radius 1 is 0.852 bits per heavy atom. The Labute approximate surface area is 160 Å². The summed E-state index contributed by atoms with van der Waals surface area (Å²) in [6.45, 7) is 5.81. The van der Waals surface area contributed by atoms with Crippen LogP contribution in [0.1, 0.15) is 40.3 Å². The number of aryl methyl sites for hydroxylation is 2. The SMILES string of the molecule is Cc1ccc(C(C)(C(=O)O)c2ccc(C)cc2/C=C/c2ccccc2)cc1. The highest BCUT2D eigenvalue weighted by Gasteiger charge is 2.38. The van der Waals surface area contributed by atoms with Crippen LogP contribution < -0.4 is 0 Å². The largest absolute Gasteiger partial charge is 0.480 e. The van der Waals surface area contributed by atoms with Gasteiger partial charge in [0.15, 0.2) is 0 Å². The van der Waals surface area contributed by atoms with Crippen molar-refractivity contribution in [3.63, 3.8) is 0 Å². The summed E-state index contributed by atoms with van der Waals surface area (Å²) in [7, 11) is 0. The zero-order chi connectivity index (χ0) is 19.4. The van der Waals surface area contributed by atoms with Crippen LogP contribution in [-0.4, -0.2) is 11.1 Å². The molecule has 0 heterocycles. The molecule has 0 saturated heterocycles. The summed E-state index contributed by atoms with van der Waals surface area (Å²) in [5, 5.41) is 10.2. The van der Waals surface area contributed by atoms with E-state index in [0.29, 0.717) is 0 Å². The van der Waals surface area contributed by atoms with Crippen molar-refractivity contribution in [2.45, 2.75) is 26.2 Å². The van der Waals surface area contributed by atoms with Crippen molar-refractivity contribution >= 4 is 18.1 Å². The van der Waals surface area contributed by atoms with Crippen molar-refractivity contribution in [1.29, 1.82) is 0 Å². The van der Waals surface area contributed by atoms with E-state index in [1.165, 1.54) is 0 Å². The van der Waals surface area contributed by atoms with Gasteiger partial charge in [0, 0.05) is 0 Å². The van der Waals surface area contributed by atoms with Gasteiger partial charge < -0.3 is 5.11 Å². The predicted octanol–water partition coefficient (Wildman–Crippen LogP) is 5.86. The first-order valence-electron chi connectivity index (χ1n) is 9.06. The normalized spacial score (nSPS) is 13.4. The average Bonchev–Trinajstić information content (AvgIpc) is 2.67. The highest BCUT2D eigenvalue weighted by atomic mass is 16.4. The topological polar surface area (TPSA) is 37.3 Å². The Morgan fingerprint density at radius 3 is 2.11 bits per heavy atom. The predicted molar refractivity (Wildman–Crippen MR) is 112 cm³/mol. The number of aliphatic carboxylic acids is 1. The molecule has 3 aromatic rings. The minimum atomic E-state index is -1.13. The number of carbonyl (C=O) groups is 1. The van der Waals surface area contributed by atoms with E-state index in [1.807, 2.05) is 98.8 Å². The number of benzene rings is 3. The van der Waals surface area contributed by atoms with Gasteiger partial charge in [0.05, 0.1) is 0 Å². The van der Waals surface area contributed by atoms with E-state index in [2.05, 4.69) is 0 Å². The molecule has 0 bridgehead atoms. The molecule has 0 fully saturated rings. The van der Waals surface area contributed by atoms with Crippen molar-refractivity contribution in [2.75, 3.05) is 0 Å². The lowest BCUT2D eigenvalue weighted by Crippen LogP contribution is -2.34. The zero-order valence-corrected chi connectivity index (χ0v) is 15.9. The van der Waals surface area contributed by atoms with Gasteiger partial charge in [0.25, 0.3) is 0 Å². The number of carboxylic acids is 1. The maximum atomic E-state index is 12.4. The van der Waals surface area contributed by atoms with Crippen molar-refractivity contribution in [3.05, 3.63) is 106 Å². The molecule has 0 spiro atoms. The molecule has 0 amide bonds. The lowest BCUT2D eigenvalue weighted by atomic mass is 9.74. The molecule has 0 aliphatic heterocycles. The minimum absolute atomic E-state index is 0.777. The Morgan fingerprint density at radius 2 is 1.48 bits per heavy atom. The molecule has 1 unspecified atom stereocenters. The van der Waals surface area contributed by atoms with E-state index in [4.69, 9.17) is 0 Å². The summed E-state index contributed by atoms with van der Waals surface area (Å²) in [5.74, 6) is -0.857. The average molecular weight is 356 g/mol. The van der Waals surface area contributed by atoms with Crippen molar-refractivity contribution in [2.24, 2.45) is 0 Å². The summed E-state index contributed by atoms with van der Waals surface area (Å²) in [6.07, 6.45) is 4.03. The second-order valence-electron chi connectivity index (χ2n) is 7.13. The Kier molecular flexibility index (Phi) is 5.27. The van der Waals surface area contributed by atoms with Gasteiger partial charge in [-0.3, -0.25) is 4.79 Å². The highest BCUT2D eigenvalue weighted by molar-refractivity contribution is 5.88. The van der Waals surface area contributed by atoms with Crippen LogP contribution in [0, 0.1) is 13.8 Å². The summed E-state index contributed by atoms with van der Waals surface area (Å²) in [4.78, 5) is 12.4. The lowest BCUT2D eigenvalue weighted by Gasteiger charge is -2.28. The van der Waals surface area contributed by atoms with Crippen LogP contribution in [0.2, 0.25) is 0 Å². The molecule has 0 aromatic heterocycles. The molecule has 0 saturated carbocycles. The van der Waals surface area contributed by atoms with Gasteiger partial charge in [0.2, 0.25) is 0 Å². The fraction of sp³-hybridized carbons (Fsp3) is 0.160. The maximum absolute atomic E-state index is 12.4. The molecule has 2 nitrogen and oxygen atoms in total. The van der Waals surface area contributed by atoms with Crippen molar-refractivity contribution in [3.8, 4) is 0 Å². The molecule has 3 aromatic carbocycles. The van der Waals surface area contributed by atoms with Crippen LogP contribution in [0.25, 0.3) is 12.2 Å². The molecule has 1 atom stereocenters. The maximum Gasteiger partial charge on any atom is 0.318 e. The van der Waals surface area contributed by atoms with Gasteiger partial charge in [-0.1, -0.05) is 96.1 Å². The van der Waals surface area contributed by atoms with E-state index in [0.717, 1.165) is 33.4 Å². The van der Waals surface area contributed by atoms with Crippen molar-refractivity contribution < 1.29 is 9.90 Å². The first-order valence-corrected chi connectivity index (χ1v) is 9.06. The van der Waals surface area contributed by atoms with Gasteiger partial charge >= 0.3 is 5.97 Å². The first kappa shape index (κ1) is 18.7. The third-order valence-electron chi connectivity index (χ3n) is 5.06. The van der Waals surface area contributed by atoms with E-state index < -0.39 is 11.4 Å². The van der Waals surface area contributed by atoms with Crippen LogP contribution >= 0.6 is 0 Å². The lowest BCUT2D eigenvalue weighted by molar-refractivity contribution is -0.141.